The highest BCUT2D eigenvalue weighted by molar-refractivity contribution is 5.99. The van der Waals surface area contributed by atoms with Crippen LogP contribution >= 0.6 is 0 Å². The summed E-state index contributed by atoms with van der Waals surface area (Å²) >= 11 is 0. The highest BCUT2D eigenvalue weighted by Crippen LogP contribution is 2.44. The van der Waals surface area contributed by atoms with Gasteiger partial charge in [0.2, 0.25) is 59.1 Å². The molecule has 30 heteroatoms. The van der Waals surface area contributed by atoms with Gasteiger partial charge in [0.05, 0.1) is 26.4 Å². The van der Waals surface area contributed by atoms with Gasteiger partial charge in [-0.3, -0.25) is 52.7 Å². The molecule has 0 spiro atoms. The fourth-order valence-corrected chi connectivity index (χ4v) is 13.8. The number of alkyl carbamates (subject to hydrolysis) is 1. The van der Waals surface area contributed by atoms with Gasteiger partial charge >= 0.3 is 24.2 Å². The van der Waals surface area contributed by atoms with E-state index >= 15 is 0 Å². The van der Waals surface area contributed by atoms with E-state index in [0.29, 0.717) is 6.42 Å². The predicted molar refractivity (Wildman–Crippen MR) is 423 cm³/mol. The van der Waals surface area contributed by atoms with Gasteiger partial charge in [0, 0.05) is 61.7 Å². The molecule has 2 aromatic rings. The Labute approximate surface area is 662 Å². The summed E-state index contributed by atoms with van der Waals surface area (Å²) in [6.07, 6.45) is -0.0578. The Hall–Kier alpha value is -9.48. The Kier molecular flexibility index (Phi) is 39.1. The molecule has 0 aliphatic heterocycles. The Morgan fingerprint density at radius 3 is 1.44 bits per heavy atom. The zero-order valence-corrected chi connectivity index (χ0v) is 70.7. The number of carbonyl (C=O) groups is 14. The summed E-state index contributed by atoms with van der Waals surface area (Å²) in [5.74, 6) is -11.6. The summed E-state index contributed by atoms with van der Waals surface area (Å²) in [6.45, 7) is 28.6. The number of rotatable bonds is 42. The third kappa shape index (κ3) is 27.1. The lowest BCUT2D eigenvalue weighted by Crippen LogP contribution is -2.62. The number of benzene rings is 2. The van der Waals surface area contributed by atoms with Crippen molar-refractivity contribution in [2.45, 2.75) is 235 Å². The number of nitrogens with zero attached hydrogens (tertiary/aromatic N) is 7. The molecule has 0 fully saturated rings. The van der Waals surface area contributed by atoms with E-state index in [4.69, 9.17) is 18.9 Å². The molecule has 0 heterocycles. The van der Waals surface area contributed by atoms with Crippen molar-refractivity contribution in [3.63, 3.8) is 0 Å². The van der Waals surface area contributed by atoms with Crippen molar-refractivity contribution >= 4 is 83.3 Å². The number of hydrogen-bond acceptors (Lipinski definition) is 19. The molecule has 0 unspecified atom stereocenters. The van der Waals surface area contributed by atoms with E-state index in [2.05, 4.69) is 21.3 Å². The molecule has 3 rings (SSSR count). The maximum absolute atomic E-state index is 15.0. The number of ether oxygens (including phenoxy) is 4. The van der Waals surface area contributed by atoms with Crippen LogP contribution in [0.5, 0.6) is 0 Å². The van der Waals surface area contributed by atoms with Gasteiger partial charge in [0.25, 0.3) is 0 Å². The average Bonchev–Trinajstić information content (AvgIpc) is 1.60. The van der Waals surface area contributed by atoms with Crippen LogP contribution in [0, 0.1) is 41.4 Å². The molecule has 112 heavy (non-hydrogen) atoms. The second-order valence-electron chi connectivity index (χ2n) is 31.9. The van der Waals surface area contributed by atoms with Crippen molar-refractivity contribution in [2.24, 2.45) is 41.4 Å². The fourth-order valence-electron chi connectivity index (χ4n) is 13.8. The first-order chi connectivity index (χ1) is 52.3. The van der Waals surface area contributed by atoms with Gasteiger partial charge in [-0.15, -0.1) is 0 Å². The number of aliphatic hydroxyl groups excluding tert-OH is 1. The highest BCUT2D eigenvalue weighted by Gasteiger charge is 2.46. The smallest absolute Gasteiger partial charge is 0.467 e. The lowest BCUT2D eigenvalue weighted by Gasteiger charge is -2.41. The van der Waals surface area contributed by atoms with Gasteiger partial charge in [-0.05, 0) is 130 Å². The SMILES string of the molecule is C/C=C/C[C@@H](C)[C@@H](O)[C@@H](C(=O)OC)N(C)C(=O)[C@H](C(C)C)N(C)C(=O)[C@H](CC(C)C)N(C)C(=O)[C@H](CC(C)C)N(C)C(=O)[C@@H](C)NC(=O)[C@H](C)NC(=O)[C@H](CC(C)C)N(C)C(=O)[C@@H](NC(=O)[C@H](CC(C)C)N(C)C(=O)CN(C)C(=O)[C@H](CCC(=O)OC(=O)OCC)NC(=O)OCC1c2ccccc2-c2ccccc21)C(C)C. The first kappa shape index (κ1) is 96.7. The van der Waals surface area contributed by atoms with Crippen LogP contribution in [-0.4, -0.2) is 265 Å². The van der Waals surface area contributed by atoms with Crippen LogP contribution in [0.15, 0.2) is 60.7 Å². The molecular weight excluding hydrogens is 1440 g/mol. The maximum atomic E-state index is 15.0. The second kappa shape index (κ2) is 45.3. The van der Waals surface area contributed by atoms with Crippen LogP contribution in [0.3, 0.4) is 0 Å². The van der Waals surface area contributed by atoms with Gasteiger partial charge in [0.1, 0.15) is 61.0 Å². The summed E-state index contributed by atoms with van der Waals surface area (Å²) in [4.78, 5) is 206. The number of amides is 11. The number of carbonyl (C=O) groups excluding carboxylic acids is 14. The average molecular weight is 1570 g/mol. The predicted octanol–water partition coefficient (Wildman–Crippen LogP) is 6.92. The van der Waals surface area contributed by atoms with Crippen molar-refractivity contribution in [1.82, 2.24) is 55.6 Å². The first-order valence-electron chi connectivity index (χ1n) is 38.9. The number of aliphatic hydroxyl groups is 1. The minimum atomic E-state index is -1.50. The van der Waals surface area contributed by atoms with Crippen LogP contribution in [0.1, 0.15) is 180 Å². The van der Waals surface area contributed by atoms with E-state index in [9.17, 15) is 72.2 Å². The molecule has 1 aliphatic carbocycles. The van der Waals surface area contributed by atoms with Crippen LogP contribution < -0.4 is 21.3 Å². The van der Waals surface area contributed by atoms with E-state index < -0.39 is 187 Å². The Morgan fingerprint density at radius 1 is 0.500 bits per heavy atom. The normalized spacial score (nSPS) is 15.2. The minimum Gasteiger partial charge on any atom is -0.467 e. The molecule has 0 bridgehead atoms. The largest absolute Gasteiger partial charge is 0.516 e. The van der Waals surface area contributed by atoms with Gasteiger partial charge in [-0.1, -0.05) is 151 Å². The third-order valence-corrected chi connectivity index (χ3v) is 20.3. The molecule has 12 atom stereocenters. The summed E-state index contributed by atoms with van der Waals surface area (Å²) in [7, 11) is 10.9. The number of esters is 2. The van der Waals surface area contributed by atoms with E-state index in [-0.39, 0.29) is 68.5 Å². The van der Waals surface area contributed by atoms with Crippen LogP contribution in [0.4, 0.5) is 9.59 Å². The number of methoxy groups -OCH3 is 1. The molecule has 0 saturated heterocycles. The minimum absolute atomic E-state index is 0.0795. The molecule has 0 saturated carbocycles. The third-order valence-electron chi connectivity index (χ3n) is 20.3. The van der Waals surface area contributed by atoms with Crippen molar-refractivity contribution in [3.8, 4) is 11.1 Å². The van der Waals surface area contributed by atoms with Crippen molar-refractivity contribution in [2.75, 3.05) is 76.2 Å². The molecule has 626 valence electrons. The van der Waals surface area contributed by atoms with Gasteiger partial charge in [-0.25, -0.2) is 14.4 Å². The molecule has 1 aliphatic rings. The summed E-state index contributed by atoms with van der Waals surface area (Å²) in [5, 5.41) is 22.2. The lowest BCUT2D eigenvalue weighted by molar-refractivity contribution is -0.163. The quantitative estimate of drug-likeness (QED) is 0.0195. The Morgan fingerprint density at radius 2 is 0.955 bits per heavy atom. The monoisotopic (exact) mass is 1570 g/mol. The number of allylic oxidation sites excluding steroid dienone is 2. The maximum Gasteiger partial charge on any atom is 0.516 e. The molecule has 0 aromatic heterocycles. The number of hydrogen-bond donors (Lipinski definition) is 5. The number of nitrogens with one attached hydrogen (secondary N) is 4. The standard InChI is InChI=1S/C82H129N11O19/c1-26-28-33-52(15)70(96)69(80(106)109-25)93(24)79(105)68(51(13)14)92(23)77(103)64(43-49(9)10)91(22)76(102)63(42-48(7)8)90(21)74(100)54(17)84-71(97)53(16)83-72(98)62(41-47(5)6)89(20)78(104)67(50(11)12)86-73(99)61(40-46(3)4)88(19)65(94)44-87(18)75(101)60(38-39-66(95)112-82(108)110-27-2)85-81(107)111-45-59-57-36-31-29-34-55(57)56-35-30-32-37-58(56)59/h26,28-32,34-37,46-54,59-64,67-70,96H,27,33,38-45H2,1-25H3,(H,83,98)(H,84,97)(H,85,107)(H,86,99)/b28-26+/t52-,53+,54-,60+,61+,62+,63+,64+,67+,68+,69+,70-/m1/s1. The zero-order chi connectivity index (χ0) is 85.2. The first-order valence-corrected chi connectivity index (χ1v) is 38.9. The lowest BCUT2D eigenvalue weighted by atomic mass is 9.92. The van der Waals surface area contributed by atoms with Gasteiger partial charge in [0.15, 0.2) is 6.04 Å². The Balaban J connectivity index is 1.83. The van der Waals surface area contributed by atoms with E-state index in [1.54, 1.807) is 34.6 Å². The van der Waals surface area contributed by atoms with Crippen LogP contribution in [0.25, 0.3) is 11.1 Å². The molecule has 2 aromatic carbocycles. The van der Waals surface area contributed by atoms with E-state index in [1.807, 2.05) is 123 Å². The van der Waals surface area contributed by atoms with Crippen molar-refractivity contribution in [3.05, 3.63) is 71.8 Å². The fraction of sp³-hybridized carbons (Fsp3) is 0.659. The topological polar surface area (TPSA) is 367 Å². The molecular formula is C82H129N11O19. The number of likely N-dealkylation sites (N-methyl/N-ethyl adjacent to an activating group) is 7. The molecule has 0 radical (unpaired) electrons. The summed E-state index contributed by atoms with van der Waals surface area (Å²) in [6, 6.07) is 2.65. The molecule has 11 amide bonds. The van der Waals surface area contributed by atoms with Crippen molar-refractivity contribution in [1.29, 1.82) is 0 Å². The van der Waals surface area contributed by atoms with Gasteiger partial charge < -0.3 is 79.6 Å². The number of fused-ring (bicyclic) bond motifs is 3. The van der Waals surface area contributed by atoms with Crippen LogP contribution in [0.2, 0.25) is 0 Å². The summed E-state index contributed by atoms with van der Waals surface area (Å²) < 4.78 is 20.2. The van der Waals surface area contributed by atoms with E-state index in [1.165, 1.54) is 89.7 Å². The van der Waals surface area contributed by atoms with Crippen molar-refractivity contribution < 1.29 is 91.2 Å². The molecule has 5 N–H and O–H groups in total. The second-order valence-corrected chi connectivity index (χ2v) is 31.9. The van der Waals surface area contributed by atoms with Crippen LogP contribution in [-0.2, 0) is 76.5 Å². The Bertz CT molecular complexity index is 3550. The summed E-state index contributed by atoms with van der Waals surface area (Å²) in [5.41, 5.74) is 3.83. The zero-order valence-electron chi connectivity index (χ0n) is 70.7. The molecule has 30 nitrogen and oxygen atoms in total. The van der Waals surface area contributed by atoms with Gasteiger partial charge in [-0.2, -0.15) is 0 Å². The highest BCUT2D eigenvalue weighted by atomic mass is 16.7. The van der Waals surface area contributed by atoms with E-state index in [0.717, 1.165) is 44.1 Å².